The van der Waals surface area contributed by atoms with E-state index >= 15 is 0 Å². The second-order valence-corrected chi connectivity index (χ2v) is 7.77. The van der Waals surface area contributed by atoms with Gasteiger partial charge >= 0.3 is 0 Å². The SMILES string of the molecule is CC(C)CC1CNCCN1CCCS(C)(=O)=O. The molecule has 5 heteroatoms. The first-order chi connectivity index (χ1) is 7.88. The van der Waals surface area contributed by atoms with Gasteiger partial charge in [-0.2, -0.15) is 0 Å². The van der Waals surface area contributed by atoms with Crippen LogP contribution in [0.25, 0.3) is 0 Å². The predicted molar refractivity (Wildman–Crippen MR) is 72.0 cm³/mol. The van der Waals surface area contributed by atoms with Gasteiger partial charge in [0.1, 0.15) is 9.84 Å². The largest absolute Gasteiger partial charge is 0.314 e. The highest BCUT2D eigenvalue weighted by molar-refractivity contribution is 7.90. The van der Waals surface area contributed by atoms with E-state index in [9.17, 15) is 8.42 Å². The fourth-order valence-corrected chi connectivity index (χ4v) is 3.06. The molecule has 0 aromatic rings. The average Bonchev–Trinajstić information content (AvgIpc) is 2.18. The van der Waals surface area contributed by atoms with E-state index in [-0.39, 0.29) is 0 Å². The minimum atomic E-state index is -2.81. The highest BCUT2D eigenvalue weighted by Crippen LogP contribution is 2.13. The minimum absolute atomic E-state index is 0.311. The quantitative estimate of drug-likeness (QED) is 0.767. The molecule has 0 amide bonds. The summed E-state index contributed by atoms with van der Waals surface area (Å²) in [6, 6.07) is 0.573. The van der Waals surface area contributed by atoms with Crippen molar-refractivity contribution in [1.82, 2.24) is 10.2 Å². The summed E-state index contributed by atoms with van der Waals surface area (Å²) >= 11 is 0. The van der Waals surface area contributed by atoms with Gasteiger partial charge in [0.2, 0.25) is 0 Å². The van der Waals surface area contributed by atoms with Crippen molar-refractivity contribution < 1.29 is 8.42 Å². The Morgan fingerprint density at radius 3 is 2.71 bits per heavy atom. The Morgan fingerprint density at radius 2 is 2.12 bits per heavy atom. The zero-order valence-electron chi connectivity index (χ0n) is 11.3. The molecular formula is C12H26N2O2S. The standard InChI is InChI=1S/C12H26N2O2S/c1-11(2)9-12-10-13-5-7-14(12)6-4-8-17(3,15)16/h11-13H,4-10H2,1-3H3. The number of hydrogen-bond acceptors (Lipinski definition) is 4. The topological polar surface area (TPSA) is 49.4 Å². The number of sulfone groups is 1. The monoisotopic (exact) mass is 262 g/mol. The lowest BCUT2D eigenvalue weighted by atomic mass is 10.0. The Hall–Kier alpha value is -0.130. The molecule has 1 N–H and O–H groups in total. The zero-order chi connectivity index (χ0) is 12.9. The molecule has 1 aliphatic rings. The Balaban J connectivity index is 2.37. The lowest BCUT2D eigenvalue weighted by Gasteiger charge is -2.37. The maximum absolute atomic E-state index is 11.1. The molecule has 1 rings (SSSR count). The van der Waals surface area contributed by atoms with Gasteiger partial charge in [-0.1, -0.05) is 13.8 Å². The average molecular weight is 262 g/mol. The first-order valence-electron chi connectivity index (χ1n) is 6.51. The summed E-state index contributed by atoms with van der Waals surface area (Å²) in [6.07, 6.45) is 3.26. The van der Waals surface area contributed by atoms with Gasteiger partial charge in [-0.05, 0) is 25.3 Å². The van der Waals surface area contributed by atoms with E-state index in [4.69, 9.17) is 0 Å². The molecule has 102 valence electrons. The van der Waals surface area contributed by atoms with Crippen LogP contribution in [0.2, 0.25) is 0 Å². The molecule has 1 unspecified atom stereocenters. The summed E-state index contributed by atoms with van der Waals surface area (Å²) < 4.78 is 22.2. The summed E-state index contributed by atoms with van der Waals surface area (Å²) in [6.45, 7) is 8.49. The van der Waals surface area contributed by atoms with Crippen molar-refractivity contribution in [1.29, 1.82) is 0 Å². The second-order valence-electron chi connectivity index (χ2n) is 5.51. The van der Waals surface area contributed by atoms with Crippen LogP contribution in [0.15, 0.2) is 0 Å². The molecule has 0 aliphatic carbocycles. The second kappa shape index (κ2) is 6.71. The summed E-state index contributed by atoms with van der Waals surface area (Å²) in [5.74, 6) is 1.00. The fourth-order valence-electron chi connectivity index (χ4n) is 2.40. The number of nitrogens with one attached hydrogen (secondary N) is 1. The van der Waals surface area contributed by atoms with E-state index in [0.717, 1.165) is 32.6 Å². The Morgan fingerprint density at radius 1 is 1.41 bits per heavy atom. The molecule has 0 spiro atoms. The first kappa shape index (κ1) is 14.9. The van der Waals surface area contributed by atoms with Crippen LogP contribution < -0.4 is 5.32 Å². The molecule has 1 heterocycles. The molecule has 1 atom stereocenters. The van der Waals surface area contributed by atoms with Crippen molar-refractivity contribution in [2.75, 3.05) is 38.2 Å². The van der Waals surface area contributed by atoms with Gasteiger partial charge in [-0.25, -0.2) is 8.42 Å². The van der Waals surface area contributed by atoms with E-state index in [0.29, 0.717) is 17.7 Å². The predicted octanol–water partition coefficient (Wildman–Crippen LogP) is 0.741. The van der Waals surface area contributed by atoms with Crippen molar-refractivity contribution in [2.45, 2.75) is 32.7 Å². The van der Waals surface area contributed by atoms with Gasteiger partial charge in [-0.3, -0.25) is 4.90 Å². The van der Waals surface area contributed by atoms with Crippen molar-refractivity contribution in [3.63, 3.8) is 0 Å². The number of piperazine rings is 1. The Bertz CT molecular complexity index is 314. The van der Waals surface area contributed by atoms with Crippen molar-refractivity contribution in [3.8, 4) is 0 Å². The van der Waals surface area contributed by atoms with Gasteiger partial charge < -0.3 is 5.32 Å². The fraction of sp³-hybridized carbons (Fsp3) is 1.00. The van der Waals surface area contributed by atoms with Gasteiger partial charge in [0.05, 0.1) is 5.75 Å². The van der Waals surface area contributed by atoms with E-state index in [2.05, 4.69) is 24.1 Å². The van der Waals surface area contributed by atoms with Crippen LogP contribution >= 0.6 is 0 Å². The maximum atomic E-state index is 11.1. The molecule has 1 aliphatic heterocycles. The van der Waals surface area contributed by atoms with Crippen LogP contribution in [0.4, 0.5) is 0 Å². The maximum Gasteiger partial charge on any atom is 0.147 e. The molecule has 0 aromatic carbocycles. The molecule has 1 saturated heterocycles. The molecular weight excluding hydrogens is 236 g/mol. The van der Waals surface area contributed by atoms with Crippen LogP contribution in [0.5, 0.6) is 0 Å². The molecule has 0 bridgehead atoms. The molecule has 1 fully saturated rings. The first-order valence-corrected chi connectivity index (χ1v) is 8.57. The third-order valence-electron chi connectivity index (χ3n) is 3.18. The van der Waals surface area contributed by atoms with Crippen LogP contribution in [-0.4, -0.2) is 57.5 Å². The Kier molecular flexibility index (Phi) is 5.89. The molecule has 0 saturated carbocycles. The number of rotatable bonds is 6. The highest BCUT2D eigenvalue weighted by Gasteiger charge is 2.22. The van der Waals surface area contributed by atoms with Crippen molar-refractivity contribution in [3.05, 3.63) is 0 Å². The van der Waals surface area contributed by atoms with Gasteiger partial charge in [0.15, 0.2) is 0 Å². The number of nitrogens with zero attached hydrogens (tertiary/aromatic N) is 1. The smallest absolute Gasteiger partial charge is 0.147 e. The Labute approximate surface area is 106 Å². The normalized spacial score (nSPS) is 23.2. The van der Waals surface area contributed by atoms with Crippen LogP contribution in [0, 0.1) is 5.92 Å². The third-order valence-corrected chi connectivity index (χ3v) is 4.21. The highest BCUT2D eigenvalue weighted by atomic mass is 32.2. The van der Waals surface area contributed by atoms with Gasteiger partial charge in [0.25, 0.3) is 0 Å². The van der Waals surface area contributed by atoms with E-state index in [1.807, 2.05) is 0 Å². The van der Waals surface area contributed by atoms with Crippen molar-refractivity contribution in [2.24, 2.45) is 5.92 Å². The van der Waals surface area contributed by atoms with E-state index < -0.39 is 9.84 Å². The lowest BCUT2D eigenvalue weighted by Crippen LogP contribution is -2.52. The molecule has 4 nitrogen and oxygen atoms in total. The summed E-state index contributed by atoms with van der Waals surface area (Å²) in [7, 11) is -2.81. The molecule has 0 radical (unpaired) electrons. The lowest BCUT2D eigenvalue weighted by molar-refractivity contribution is 0.142. The van der Waals surface area contributed by atoms with E-state index in [1.165, 1.54) is 12.7 Å². The van der Waals surface area contributed by atoms with Gasteiger partial charge in [0, 0.05) is 31.9 Å². The van der Waals surface area contributed by atoms with E-state index in [1.54, 1.807) is 0 Å². The molecule has 17 heavy (non-hydrogen) atoms. The third kappa shape index (κ3) is 6.38. The summed E-state index contributed by atoms with van der Waals surface area (Å²) in [5.41, 5.74) is 0. The van der Waals surface area contributed by atoms with Crippen LogP contribution in [-0.2, 0) is 9.84 Å². The van der Waals surface area contributed by atoms with Crippen molar-refractivity contribution >= 4 is 9.84 Å². The summed E-state index contributed by atoms with van der Waals surface area (Å²) in [5, 5.41) is 3.42. The zero-order valence-corrected chi connectivity index (χ0v) is 12.1. The minimum Gasteiger partial charge on any atom is -0.314 e. The van der Waals surface area contributed by atoms with Crippen LogP contribution in [0.1, 0.15) is 26.7 Å². The van der Waals surface area contributed by atoms with Gasteiger partial charge in [-0.15, -0.1) is 0 Å². The summed E-state index contributed by atoms with van der Waals surface area (Å²) in [4.78, 5) is 2.45. The van der Waals surface area contributed by atoms with Crippen LogP contribution in [0.3, 0.4) is 0 Å². The molecule has 0 aromatic heterocycles. The number of hydrogen-bond donors (Lipinski definition) is 1.